The molecule has 1 aliphatic heterocycles. The van der Waals surface area contributed by atoms with E-state index < -0.39 is 0 Å². The zero-order valence-corrected chi connectivity index (χ0v) is 12.0. The van der Waals surface area contributed by atoms with Gasteiger partial charge < -0.3 is 15.8 Å². The normalized spacial score (nSPS) is 17.3. The SMILES string of the molecule is Cc1ccc(C(=O)N2CCC(C(N)=NO)CC2)cc1C. The molecule has 1 saturated heterocycles. The minimum atomic E-state index is 0.0612. The first-order valence-electron chi connectivity index (χ1n) is 6.87. The van der Waals surface area contributed by atoms with E-state index >= 15 is 0 Å². The van der Waals surface area contributed by atoms with Gasteiger partial charge in [0.1, 0.15) is 5.84 Å². The van der Waals surface area contributed by atoms with Crippen molar-refractivity contribution in [1.29, 1.82) is 0 Å². The number of carbonyl (C=O) groups is 1. The van der Waals surface area contributed by atoms with E-state index in [1.165, 1.54) is 5.56 Å². The molecule has 0 radical (unpaired) electrons. The lowest BCUT2D eigenvalue weighted by molar-refractivity contribution is 0.0709. The Kier molecular flexibility index (Phi) is 4.27. The lowest BCUT2D eigenvalue weighted by atomic mass is 9.95. The number of hydrogen-bond acceptors (Lipinski definition) is 3. The van der Waals surface area contributed by atoms with E-state index in [1.807, 2.05) is 36.9 Å². The molecule has 0 aliphatic carbocycles. The summed E-state index contributed by atoms with van der Waals surface area (Å²) >= 11 is 0. The Hall–Kier alpha value is -2.04. The molecule has 0 saturated carbocycles. The summed E-state index contributed by atoms with van der Waals surface area (Å²) in [6.45, 7) is 5.34. The standard InChI is InChI=1S/C15H21N3O2/c1-10-3-4-13(9-11(10)2)15(19)18-7-5-12(6-8-18)14(16)17-20/h3-4,9,12,20H,5-8H2,1-2H3,(H2,16,17). The summed E-state index contributed by atoms with van der Waals surface area (Å²) in [5, 5.41) is 11.7. The molecular weight excluding hydrogens is 254 g/mol. The number of amides is 1. The highest BCUT2D eigenvalue weighted by Crippen LogP contribution is 2.20. The van der Waals surface area contributed by atoms with Gasteiger partial charge in [0.25, 0.3) is 5.91 Å². The second-order valence-electron chi connectivity index (χ2n) is 5.39. The van der Waals surface area contributed by atoms with Crippen molar-refractivity contribution >= 4 is 11.7 Å². The fraction of sp³-hybridized carbons (Fsp3) is 0.467. The maximum absolute atomic E-state index is 12.4. The molecule has 3 N–H and O–H groups in total. The van der Waals surface area contributed by atoms with Crippen LogP contribution in [0.3, 0.4) is 0 Å². The van der Waals surface area contributed by atoms with Crippen molar-refractivity contribution in [3.63, 3.8) is 0 Å². The maximum Gasteiger partial charge on any atom is 0.253 e. The van der Waals surface area contributed by atoms with Crippen LogP contribution < -0.4 is 5.73 Å². The zero-order chi connectivity index (χ0) is 14.7. The van der Waals surface area contributed by atoms with Crippen molar-refractivity contribution in [1.82, 2.24) is 4.90 Å². The Labute approximate surface area is 119 Å². The van der Waals surface area contributed by atoms with E-state index in [0.29, 0.717) is 13.1 Å². The Morgan fingerprint density at radius 1 is 1.30 bits per heavy atom. The van der Waals surface area contributed by atoms with Gasteiger partial charge in [-0.15, -0.1) is 0 Å². The highest BCUT2D eigenvalue weighted by molar-refractivity contribution is 5.94. The van der Waals surface area contributed by atoms with Crippen molar-refractivity contribution in [3.05, 3.63) is 34.9 Å². The third kappa shape index (κ3) is 2.92. The summed E-state index contributed by atoms with van der Waals surface area (Å²) in [5.74, 6) is 0.401. The third-order valence-electron chi connectivity index (χ3n) is 4.07. The van der Waals surface area contributed by atoms with Gasteiger partial charge in [0.05, 0.1) is 0 Å². The van der Waals surface area contributed by atoms with Crippen LogP contribution in [0.2, 0.25) is 0 Å². The summed E-state index contributed by atoms with van der Waals surface area (Å²) in [5.41, 5.74) is 8.66. The van der Waals surface area contributed by atoms with Crippen LogP contribution >= 0.6 is 0 Å². The molecule has 1 amide bonds. The highest BCUT2D eigenvalue weighted by atomic mass is 16.4. The quantitative estimate of drug-likeness (QED) is 0.374. The van der Waals surface area contributed by atoms with E-state index in [1.54, 1.807) is 0 Å². The molecule has 20 heavy (non-hydrogen) atoms. The van der Waals surface area contributed by atoms with Gasteiger partial charge in [-0.25, -0.2) is 0 Å². The van der Waals surface area contributed by atoms with Gasteiger partial charge >= 0.3 is 0 Å². The molecule has 1 aliphatic rings. The van der Waals surface area contributed by atoms with E-state index in [-0.39, 0.29) is 17.7 Å². The van der Waals surface area contributed by atoms with Crippen LogP contribution in [0, 0.1) is 19.8 Å². The first kappa shape index (κ1) is 14.4. The van der Waals surface area contributed by atoms with Gasteiger partial charge in [-0.1, -0.05) is 11.2 Å². The Balaban J connectivity index is 2.03. The molecule has 0 spiro atoms. The fourth-order valence-corrected chi connectivity index (χ4v) is 2.52. The molecule has 2 rings (SSSR count). The first-order chi connectivity index (χ1) is 9.52. The number of oxime groups is 1. The smallest absolute Gasteiger partial charge is 0.253 e. The molecule has 5 heteroatoms. The monoisotopic (exact) mass is 275 g/mol. The average Bonchev–Trinajstić information content (AvgIpc) is 2.48. The molecule has 1 aromatic carbocycles. The Bertz CT molecular complexity index is 532. The molecule has 1 heterocycles. The first-order valence-corrected chi connectivity index (χ1v) is 6.87. The van der Waals surface area contributed by atoms with Crippen LogP contribution in [0.25, 0.3) is 0 Å². The number of nitrogens with two attached hydrogens (primary N) is 1. The van der Waals surface area contributed by atoms with Crippen LogP contribution in [0.4, 0.5) is 0 Å². The molecule has 5 nitrogen and oxygen atoms in total. The van der Waals surface area contributed by atoms with Gasteiger partial charge in [-0.2, -0.15) is 0 Å². The Morgan fingerprint density at radius 3 is 2.50 bits per heavy atom. The summed E-state index contributed by atoms with van der Waals surface area (Å²) in [6, 6.07) is 5.79. The lowest BCUT2D eigenvalue weighted by Crippen LogP contribution is -2.41. The predicted octanol–water partition coefficient (Wildman–Crippen LogP) is 1.90. The molecule has 108 valence electrons. The number of carbonyl (C=O) groups excluding carboxylic acids is 1. The van der Waals surface area contributed by atoms with Gasteiger partial charge in [-0.3, -0.25) is 4.79 Å². The van der Waals surface area contributed by atoms with Crippen LogP contribution in [-0.2, 0) is 0 Å². The Morgan fingerprint density at radius 2 is 1.95 bits per heavy atom. The summed E-state index contributed by atoms with van der Waals surface area (Å²) in [4.78, 5) is 14.3. The predicted molar refractivity (Wildman–Crippen MR) is 78.0 cm³/mol. The van der Waals surface area contributed by atoms with Crippen molar-refractivity contribution < 1.29 is 10.0 Å². The molecular formula is C15H21N3O2. The van der Waals surface area contributed by atoms with Crippen LogP contribution in [0.1, 0.15) is 34.3 Å². The number of likely N-dealkylation sites (tertiary alicyclic amines) is 1. The second-order valence-corrected chi connectivity index (χ2v) is 5.39. The van der Waals surface area contributed by atoms with Gasteiger partial charge in [0.2, 0.25) is 0 Å². The van der Waals surface area contributed by atoms with E-state index in [4.69, 9.17) is 10.9 Å². The fourth-order valence-electron chi connectivity index (χ4n) is 2.52. The number of hydrogen-bond donors (Lipinski definition) is 2. The van der Waals surface area contributed by atoms with Gasteiger partial charge in [0, 0.05) is 24.6 Å². The lowest BCUT2D eigenvalue weighted by Gasteiger charge is -2.31. The summed E-state index contributed by atoms with van der Waals surface area (Å²) in [6.07, 6.45) is 1.49. The molecule has 0 aromatic heterocycles. The van der Waals surface area contributed by atoms with Crippen molar-refractivity contribution in [2.75, 3.05) is 13.1 Å². The van der Waals surface area contributed by atoms with Crippen LogP contribution in [-0.4, -0.2) is 34.9 Å². The van der Waals surface area contributed by atoms with Crippen LogP contribution in [0.5, 0.6) is 0 Å². The van der Waals surface area contributed by atoms with Crippen molar-refractivity contribution in [2.24, 2.45) is 16.8 Å². The van der Waals surface area contributed by atoms with E-state index in [2.05, 4.69) is 5.16 Å². The maximum atomic E-state index is 12.4. The van der Waals surface area contributed by atoms with Gasteiger partial charge in [-0.05, 0) is 49.9 Å². The van der Waals surface area contributed by atoms with Crippen LogP contribution in [0.15, 0.2) is 23.4 Å². The minimum absolute atomic E-state index is 0.0612. The second kappa shape index (κ2) is 5.94. The minimum Gasteiger partial charge on any atom is -0.409 e. The molecule has 1 aromatic rings. The number of aryl methyl sites for hydroxylation is 2. The number of piperidine rings is 1. The van der Waals surface area contributed by atoms with Crippen molar-refractivity contribution in [3.8, 4) is 0 Å². The summed E-state index contributed by atoms with van der Waals surface area (Å²) < 4.78 is 0. The zero-order valence-electron chi connectivity index (χ0n) is 12.0. The number of amidine groups is 1. The highest BCUT2D eigenvalue weighted by Gasteiger charge is 2.25. The average molecular weight is 275 g/mol. The topological polar surface area (TPSA) is 78.9 Å². The number of rotatable bonds is 2. The van der Waals surface area contributed by atoms with E-state index in [0.717, 1.165) is 24.0 Å². The van der Waals surface area contributed by atoms with Crippen molar-refractivity contribution in [2.45, 2.75) is 26.7 Å². The molecule has 0 bridgehead atoms. The third-order valence-corrected chi connectivity index (χ3v) is 4.07. The number of benzene rings is 1. The molecule has 1 fully saturated rings. The van der Waals surface area contributed by atoms with E-state index in [9.17, 15) is 4.79 Å². The largest absolute Gasteiger partial charge is 0.409 e. The summed E-state index contributed by atoms with van der Waals surface area (Å²) in [7, 11) is 0. The van der Waals surface area contributed by atoms with Gasteiger partial charge in [0.15, 0.2) is 0 Å². The molecule has 0 atom stereocenters. The molecule has 0 unspecified atom stereocenters. The number of nitrogens with zero attached hydrogens (tertiary/aromatic N) is 2.